The Bertz CT molecular complexity index is 232. The van der Waals surface area contributed by atoms with Gasteiger partial charge in [0.2, 0.25) is 0 Å². The van der Waals surface area contributed by atoms with Gasteiger partial charge in [0, 0.05) is 32.2 Å². The van der Waals surface area contributed by atoms with Crippen LogP contribution in [0.3, 0.4) is 0 Å². The van der Waals surface area contributed by atoms with Gasteiger partial charge in [-0.05, 0) is 38.6 Å². The average Bonchev–Trinajstić information content (AvgIpc) is 3.09. The zero-order chi connectivity index (χ0) is 11.4. The van der Waals surface area contributed by atoms with Crippen molar-refractivity contribution < 1.29 is 0 Å². The van der Waals surface area contributed by atoms with Gasteiger partial charge < -0.3 is 10.6 Å². The molecule has 0 amide bonds. The Morgan fingerprint density at radius 3 is 2.38 bits per heavy atom. The first kappa shape index (κ1) is 12.3. The summed E-state index contributed by atoms with van der Waals surface area (Å²) in [6.07, 6.45) is 6.18. The van der Waals surface area contributed by atoms with Crippen LogP contribution in [0.15, 0.2) is 0 Å². The van der Waals surface area contributed by atoms with E-state index < -0.39 is 0 Å². The summed E-state index contributed by atoms with van der Waals surface area (Å²) in [5, 5.41) is 0. The molecule has 0 aromatic heterocycles. The van der Waals surface area contributed by atoms with Gasteiger partial charge in [0.1, 0.15) is 0 Å². The van der Waals surface area contributed by atoms with Gasteiger partial charge in [0.25, 0.3) is 0 Å². The first-order valence-electron chi connectivity index (χ1n) is 6.50. The second kappa shape index (κ2) is 5.94. The standard InChI is InChI=1S/C12H23N3S/c13-12(16)3-1-2-6-14-7-9-15(10-8-14)11-4-5-11/h11H,1-10H2,(H2,13,16). The van der Waals surface area contributed by atoms with E-state index >= 15 is 0 Å². The smallest absolute Gasteiger partial charge is 0.0727 e. The third-order valence-electron chi connectivity index (χ3n) is 3.62. The third kappa shape index (κ3) is 4.00. The normalized spacial score (nSPS) is 23.5. The first-order chi connectivity index (χ1) is 7.75. The Hall–Kier alpha value is -0.190. The second-order valence-corrected chi connectivity index (χ2v) is 5.56. The lowest BCUT2D eigenvalue weighted by Gasteiger charge is -2.34. The van der Waals surface area contributed by atoms with Gasteiger partial charge in [-0.1, -0.05) is 12.2 Å². The van der Waals surface area contributed by atoms with Gasteiger partial charge in [-0.15, -0.1) is 0 Å². The largest absolute Gasteiger partial charge is 0.393 e. The summed E-state index contributed by atoms with van der Waals surface area (Å²) >= 11 is 4.87. The number of hydrogen-bond acceptors (Lipinski definition) is 3. The highest BCUT2D eigenvalue weighted by Crippen LogP contribution is 2.27. The predicted octanol–water partition coefficient (Wildman–Crippen LogP) is 1.22. The van der Waals surface area contributed by atoms with Crippen LogP contribution in [0.2, 0.25) is 0 Å². The van der Waals surface area contributed by atoms with Crippen LogP contribution >= 0.6 is 12.2 Å². The molecule has 3 nitrogen and oxygen atoms in total. The van der Waals surface area contributed by atoms with Crippen LogP contribution < -0.4 is 5.73 Å². The van der Waals surface area contributed by atoms with Gasteiger partial charge in [-0.3, -0.25) is 4.90 Å². The topological polar surface area (TPSA) is 32.5 Å². The molecule has 16 heavy (non-hydrogen) atoms. The molecule has 1 saturated heterocycles. The molecular formula is C12H23N3S. The molecule has 0 spiro atoms. The number of nitrogens with two attached hydrogens (primary N) is 1. The Morgan fingerprint density at radius 2 is 1.81 bits per heavy atom. The Kier molecular flexibility index (Phi) is 4.55. The summed E-state index contributed by atoms with van der Waals surface area (Å²) in [7, 11) is 0. The maximum Gasteiger partial charge on any atom is 0.0727 e. The van der Waals surface area contributed by atoms with Crippen molar-refractivity contribution >= 4 is 17.2 Å². The fourth-order valence-corrected chi connectivity index (χ4v) is 2.57. The highest BCUT2D eigenvalue weighted by atomic mass is 32.1. The average molecular weight is 241 g/mol. The molecule has 0 aromatic rings. The van der Waals surface area contributed by atoms with E-state index in [1.165, 1.54) is 52.0 Å². The minimum absolute atomic E-state index is 0.665. The van der Waals surface area contributed by atoms with Crippen molar-refractivity contribution in [3.8, 4) is 0 Å². The molecule has 1 saturated carbocycles. The van der Waals surface area contributed by atoms with E-state index in [-0.39, 0.29) is 0 Å². The second-order valence-electron chi connectivity index (χ2n) is 5.03. The lowest BCUT2D eigenvalue weighted by atomic mass is 10.2. The number of piperazine rings is 1. The minimum Gasteiger partial charge on any atom is -0.393 e. The molecule has 0 aromatic carbocycles. The van der Waals surface area contributed by atoms with Crippen LogP contribution in [0.1, 0.15) is 32.1 Å². The van der Waals surface area contributed by atoms with E-state index in [4.69, 9.17) is 18.0 Å². The Labute approximate surface area is 104 Å². The predicted molar refractivity (Wildman–Crippen MR) is 71.7 cm³/mol. The molecule has 0 bridgehead atoms. The molecule has 0 unspecified atom stereocenters. The fourth-order valence-electron chi connectivity index (χ4n) is 2.43. The van der Waals surface area contributed by atoms with E-state index in [9.17, 15) is 0 Å². The van der Waals surface area contributed by atoms with E-state index in [2.05, 4.69) is 9.80 Å². The Morgan fingerprint density at radius 1 is 1.12 bits per heavy atom. The van der Waals surface area contributed by atoms with Crippen molar-refractivity contribution in [2.75, 3.05) is 32.7 Å². The van der Waals surface area contributed by atoms with Gasteiger partial charge in [-0.25, -0.2) is 0 Å². The van der Waals surface area contributed by atoms with Crippen molar-refractivity contribution in [2.24, 2.45) is 5.73 Å². The third-order valence-corrected chi connectivity index (χ3v) is 3.82. The van der Waals surface area contributed by atoms with Crippen molar-refractivity contribution in [3.05, 3.63) is 0 Å². The van der Waals surface area contributed by atoms with Crippen LogP contribution in [-0.2, 0) is 0 Å². The van der Waals surface area contributed by atoms with Gasteiger partial charge in [0.15, 0.2) is 0 Å². The molecule has 0 atom stereocenters. The maximum absolute atomic E-state index is 5.48. The molecule has 1 heterocycles. The van der Waals surface area contributed by atoms with Crippen LogP contribution in [0.25, 0.3) is 0 Å². The molecular weight excluding hydrogens is 218 g/mol. The molecule has 2 fully saturated rings. The quantitative estimate of drug-likeness (QED) is 0.560. The highest BCUT2D eigenvalue weighted by molar-refractivity contribution is 7.80. The van der Waals surface area contributed by atoms with Crippen LogP contribution in [0.5, 0.6) is 0 Å². The summed E-state index contributed by atoms with van der Waals surface area (Å²) in [5.41, 5.74) is 5.48. The Balaban J connectivity index is 1.53. The zero-order valence-electron chi connectivity index (χ0n) is 10.0. The van der Waals surface area contributed by atoms with Crippen molar-refractivity contribution in [3.63, 3.8) is 0 Å². The summed E-state index contributed by atoms with van der Waals surface area (Å²) in [4.78, 5) is 5.91. The number of nitrogens with zero attached hydrogens (tertiary/aromatic N) is 2. The van der Waals surface area contributed by atoms with E-state index in [1.54, 1.807) is 0 Å². The number of unbranched alkanes of at least 4 members (excludes halogenated alkanes) is 1. The van der Waals surface area contributed by atoms with E-state index in [1.807, 2.05) is 0 Å². The van der Waals surface area contributed by atoms with Crippen LogP contribution in [-0.4, -0.2) is 53.6 Å². The van der Waals surface area contributed by atoms with E-state index in [0.717, 1.165) is 18.9 Å². The molecule has 2 N–H and O–H groups in total. The minimum atomic E-state index is 0.665. The molecule has 2 rings (SSSR count). The molecule has 92 valence electrons. The maximum atomic E-state index is 5.48. The highest BCUT2D eigenvalue weighted by Gasteiger charge is 2.30. The summed E-state index contributed by atoms with van der Waals surface area (Å²) in [6.45, 7) is 6.29. The van der Waals surface area contributed by atoms with Crippen molar-refractivity contribution in [1.29, 1.82) is 0 Å². The number of rotatable bonds is 6. The summed E-state index contributed by atoms with van der Waals surface area (Å²) in [5.74, 6) is 0. The van der Waals surface area contributed by atoms with E-state index in [0.29, 0.717) is 4.99 Å². The summed E-state index contributed by atoms with van der Waals surface area (Å²) < 4.78 is 0. The SMILES string of the molecule is NC(=S)CCCCN1CCN(C2CC2)CC1. The van der Waals surface area contributed by atoms with Crippen LogP contribution in [0, 0.1) is 0 Å². The first-order valence-corrected chi connectivity index (χ1v) is 6.91. The fraction of sp³-hybridized carbons (Fsp3) is 0.917. The molecule has 0 radical (unpaired) electrons. The number of thiocarbonyl (C=S) groups is 1. The lowest BCUT2D eigenvalue weighted by molar-refractivity contribution is 0.125. The monoisotopic (exact) mass is 241 g/mol. The molecule has 2 aliphatic rings. The zero-order valence-corrected chi connectivity index (χ0v) is 10.8. The lowest BCUT2D eigenvalue weighted by Crippen LogP contribution is -2.47. The van der Waals surface area contributed by atoms with Crippen molar-refractivity contribution in [1.82, 2.24) is 9.80 Å². The van der Waals surface area contributed by atoms with Gasteiger partial charge in [-0.2, -0.15) is 0 Å². The van der Waals surface area contributed by atoms with Crippen LogP contribution in [0.4, 0.5) is 0 Å². The van der Waals surface area contributed by atoms with Gasteiger partial charge in [0.05, 0.1) is 4.99 Å². The molecule has 1 aliphatic heterocycles. The molecule has 4 heteroatoms. The van der Waals surface area contributed by atoms with Gasteiger partial charge >= 0.3 is 0 Å². The van der Waals surface area contributed by atoms with Crippen molar-refractivity contribution in [2.45, 2.75) is 38.1 Å². The summed E-state index contributed by atoms with van der Waals surface area (Å²) in [6, 6.07) is 0.941. The number of hydrogen-bond donors (Lipinski definition) is 1. The molecule has 1 aliphatic carbocycles.